The highest BCUT2D eigenvalue weighted by molar-refractivity contribution is 5.92. The lowest BCUT2D eigenvalue weighted by Crippen LogP contribution is -2.28. The van der Waals surface area contributed by atoms with Crippen LogP contribution in [0.2, 0.25) is 0 Å². The Balaban J connectivity index is 1.30. The molecule has 174 valence electrons. The lowest BCUT2D eigenvalue weighted by molar-refractivity contribution is -0.0563. The molecule has 0 radical (unpaired) electrons. The second-order valence-electron chi connectivity index (χ2n) is 8.64. The van der Waals surface area contributed by atoms with Crippen LogP contribution in [0.15, 0.2) is 53.1 Å². The minimum Gasteiger partial charge on any atom is -0.465 e. The summed E-state index contributed by atoms with van der Waals surface area (Å²) < 4.78 is 22.9. The van der Waals surface area contributed by atoms with Gasteiger partial charge in [0.1, 0.15) is 12.0 Å². The van der Waals surface area contributed by atoms with Crippen molar-refractivity contribution in [3.63, 3.8) is 0 Å². The van der Waals surface area contributed by atoms with Crippen LogP contribution in [0.25, 0.3) is 11.5 Å². The van der Waals surface area contributed by atoms with Crippen LogP contribution in [0.4, 0.5) is 0 Å². The molecular formula is C27H31NO5. The zero-order valence-corrected chi connectivity index (χ0v) is 19.5. The molecular weight excluding hydrogens is 418 g/mol. The summed E-state index contributed by atoms with van der Waals surface area (Å²) in [6, 6.07) is 13.9. The van der Waals surface area contributed by atoms with E-state index in [9.17, 15) is 4.79 Å². The summed E-state index contributed by atoms with van der Waals surface area (Å²) in [7, 11) is 1.40. The van der Waals surface area contributed by atoms with Gasteiger partial charge in [0.2, 0.25) is 5.89 Å². The van der Waals surface area contributed by atoms with Crippen molar-refractivity contribution in [3.05, 3.63) is 76.7 Å². The highest BCUT2D eigenvalue weighted by Gasteiger charge is 2.24. The predicted octanol–water partition coefficient (Wildman–Crippen LogP) is 5.79. The normalized spacial score (nSPS) is 18.3. The number of benzene rings is 2. The summed E-state index contributed by atoms with van der Waals surface area (Å²) >= 11 is 0. The van der Waals surface area contributed by atoms with Gasteiger partial charge in [-0.3, -0.25) is 0 Å². The molecule has 4 rings (SSSR count). The summed E-state index contributed by atoms with van der Waals surface area (Å²) in [5, 5.41) is 0. The Morgan fingerprint density at radius 3 is 2.48 bits per heavy atom. The van der Waals surface area contributed by atoms with Crippen molar-refractivity contribution >= 4 is 5.97 Å². The first-order chi connectivity index (χ1) is 16.0. The molecule has 1 aliphatic rings. The molecule has 1 heterocycles. The number of hydrogen-bond acceptors (Lipinski definition) is 6. The number of aromatic nitrogens is 1. The van der Waals surface area contributed by atoms with Crippen molar-refractivity contribution in [1.29, 1.82) is 0 Å². The maximum Gasteiger partial charge on any atom is 0.338 e. The molecule has 2 aromatic carbocycles. The molecule has 0 spiro atoms. The van der Waals surface area contributed by atoms with Crippen LogP contribution < -0.4 is 0 Å². The number of ether oxygens (including phenoxy) is 3. The molecule has 1 fully saturated rings. The van der Waals surface area contributed by atoms with E-state index < -0.39 is 0 Å². The van der Waals surface area contributed by atoms with Crippen molar-refractivity contribution in [1.82, 2.24) is 4.98 Å². The van der Waals surface area contributed by atoms with E-state index in [2.05, 4.69) is 11.9 Å². The van der Waals surface area contributed by atoms with Crippen LogP contribution in [0.1, 0.15) is 58.4 Å². The van der Waals surface area contributed by atoms with Gasteiger partial charge >= 0.3 is 5.97 Å². The largest absolute Gasteiger partial charge is 0.465 e. The van der Waals surface area contributed by atoms with Crippen LogP contribution >= 0.6 is 0 Å². The van der Waals surface area contributed by atoms with E-state index in [1.165, 1.54) is 12.7 Å². The summed E-state index contributed by atoms with van der Waals surface area (Å²) in [4.78, 5) is 16.7. The van der Waals surface area contributed by atoms with Gasteiger partial charge in [0.25, 0.3) is 0 Å². The second kappa shape index (κ2) is 10.8. The van der Waals surface area contributed by atoms with Gasteiger partial charge in [-0.15, -0.1) is 0 Å². The first-order valence-electron chi connectivity index (χ1n) is 11.4. The SMILES string of the molecule is COC(=O)c1c(C)cccc1CO[C@H]1CCC[C@@H](OCc2coc(-c3ccc(C)cc3)n2)C1. The first kappa shape index (κ1) is 23.2. The van der Waals surface area contributed by atoms with Crippen LogP contribution in [0.3, 0.4) is 0 Å². The molecule has 33 heavy (non-hydrogen) atoms. The molecule has 2 atom stereocenters. The van der Waals surface area contributed by atoms with Gasteiger partial charge < -0.3 is 18.6 Å². The van der Waals surface area contributed by atoms with Gasteiger partial charge in [-0.2, -0.15) is 0 Å². The lowest BCUT2D eigenvalue weighted by atomic mass is 9.94. The van der Waals surface area contributed by atoms with Crippen molar-refractivity contribution in [3.8, 4) is 11.5 Å². The highest BCUT2D eigenvalue weighted by Crippen LogP contribution is 2.27. The fourth-order valence-electron chi connectivity index (χ4n) is 4.26. The van der Waals surface area contributed by atoms with Crippen LogP contribution in [-0.4, -0.2) is 30.3 Å². The van der Waals surface area contributed by atoms with Gasteiger partial charge in [0, 0.05) is 5.56 Å². The van der Waals surface area contributed by atoms with Crippen LogP contribution in [0, 0.1) is 13.8 Å². The van der Waals surface area contributed by atoms with Crippen molar-refractivity contribution in [2.45, 2.75) is 65.0 Å². The summed E-state index contributed by atoms with van der Waals surface area (Å²) in [6.07, 6.45) is 5.72. The van der Waals surface area contributed by atoms with E-state index in [0.717, 1.165) is 48.1 Å². The minimum absolute atomic E-state index is 0.0928. The molecule has 0 unspecified atom stereocenters. The molecule has 0 amide bonds. The number of nitrogens with zero attached hydrogens (tertiary/aromatic N) is 1. The Labute approximate surface area is 194 Å². The van der Waals surface area contributed by atoms with Crippen molar-refractivity contribution < 1.29 is 23.4 Å². The van der Waals surface area contributed by atoms with Gasteiger partial charge in [0.15, 0.2) is 0 Å². The summed E-state index contributed by atoms with van der Waals surface area (Å²) in [6.45, 7) is 4.76. The predicted molar refractivity (Wildman–Crippen MR) is 125 cm³/mol. The fourth-order valence-corrected chi connectivity index (χ4v) is 4.26. The Morgan fingerprint density at radius 1 is 1.03 bits per heavy atom. The maximum atomic E-state index is 12.2. The van der Waals surface area contributed by atoms with Gasteiger partial charge in [-0.05, 0) is 62.8 Å². The van der Waals surface area contributed by atoms with E-state index in [1.54, 1.807) is 6.26 Å². The number of methoxy groups -OCH3 is 1. The minimum atomic E-state index is -0.325. The Morgan fingerprint density at radius 2 is 1.76 bits per heavy atom. The van der Waals surface area contributed by atoms with E-state index >= 15 is 0 Å². The molecule has 0 saturated heterocycles. The number of esters is 1. The molecule has 0 bridgehead atoms. The van der Waals surface area contributed by atoms with E-state index in [4.69, 9.17) is 18.6 Å². The molecule has 1 aliphatic carbocycles. The van der Waals surface area contributed by atoms with E-state index in [0.29, 0.717) is 24.7 Å². The van der Waals surface area contributed by atoms with Gasteiger partial charge in [-0.1, -0.05) is 35.9 Å². The first-order valence-corrected chi connectivity index (χ1v) is 11.4. The molecule has 6 heteroatoms. The number of carbonyl (C=O) groups excluding carboxylic acids is 1. The number of aryl methyl sites for hydroxylation is 2. The van der Waals surface area contributed by atoms with Gasteiger partial charge in [-0.25, -0.2) is 9.78 Å². The Kier molecular flexibility index (Phi) is 7.57. The third-order valence-electron chi connectivity index (χ3n) is 6.12. The van der Waals surface area contributed by atoms with Crippen molar-refractivity contribution in [2.75, 3.05) is 7.11 Å². The van der Waals surface area contributed by atoms with Gasteiger partial charge in [0.05, 0.1) is 38.1 Å². The molecule has 1 saturated carbocycles. The number of hydrogen-bond donors (Lipinski definition) is 0. The quantitative estimate of drug-likeness (QED) is 0.406. The molecule has 6 nitrogen and oxygen atoms in total. The fraction of sp³-hybridized carbons (Fsp3) is 0.407. The molecule has 0 aliphatic heterocycles. The smallest absolute Gasteiger partial charge is 0.338 e. The average molecular weight is 450 g/mol. The zero-order valence-electron chi connectivity index (χ0n) is 19.5. The van der Waals surface area contributed by atoms with E-state index in [1.807, 2.05) is 49.4 Å². The molecule has 0 N–H and O–H groups in total. The molecule has 3 aromatic rings. The second-order valence-corrected chi connectivity index (χ2v) is 8.64. The lowest BCUT2D eigenvalue weighted by Gasteiger charge is -2.29. The third-order valence-corrected chi connectivity index (χ3v) is 6.12. The topological polar surface area (TPSA) is 70.8 Å². The van der Waals surface area contributed by atoms with Crippen molar-refractivity contribution in [2.24, 2.45) is 0 Å². The maximum absolute atomic E-state index is 12.2. The standard InChI is InChI=1S/C27H31NO5/c1-18-10-12-20(13-11-18)26-28-22(17-33-26)16-32-24-9-5-8-23(14-24)31-15-21-7-4-6-19(2)25(21)27(29)30-3/h4,6-7,10-13,17,23-24H,5,8-9,14-16H2,1-3H3/t23-,24+/m0/s1. The monoisotopic (exact) mass is 449 g/mol. The number of oxazole rings is 1. The van der Waals surface area contributed by atoms with Crippen LogP contribution in [-0.2, 0) is 27.4 Å². The highest BCUT2D eigenvalue weighted by atomic mass is 16.5. The van der Waals surface area contributed by atoms with Crippen LogP contribution in [0.5, 0.6) is 0 Å². The number of carbonyl (C=O) groups is 1. The third kappa shape index (κ3) is 5.89. The Hall–Kier alpha value is -2.96. The average Bonchev–Trinajstić information content (AvgIpc) is 3.31. The number of rotatable bonds is 8. The zero-order chi connectivity index (χ0) is 23.2. The van der Waals surface area contributed by atoms with E-state index in [-0.39, 0.29) is 18.2 Å². The summed E-state index contributed by atoms with van der Waals surface area (Å²) in [5.41, 5.74) is 5.30. The molecule has 1 aromatic heterocycles. The summed E-state index contributed by atoms with van der Waals surface area (Å²) in [5.74, 6) is 0.284. The Bertz CT molecular complexity index is 1070.